The number of carbonyl (C=O) groups excluding carboxylic acids is 1. The third kappa shape index (κ3) is 4.10. The molecule has 1 amide bonds. The third-order valence-electron chi connectivity index (χ3n) is 5.08. The summed E-state index contributed by atoms with van der Waals surface area (Å²) in [4.78, 5) is 17.5. The first-order valence-corrected chi connectivity index (χ1v) is 10.4. The van der Waals surface area contributed by atoms with E-state index in [9.17, 15) is 4.79 Å². The quantitative estimate of drug-likeness (QED) is 0.410. The first-order chi connectivity index (χ1) is 14.0. The van der Waals surface area contributed by atoms with Gasteiger partial charge in [-0.1, -0.05) is 52.3 Å². The molecule has 0 radical (unpaired) electrons. The van der Waals surface area contributed by atoms with Crippen LogP contribution in [0.25, 0.3) is 16.9 Å². The molecular weight excluding hydrogens is 426 g/mol. The van der Waals surface area contributed by atoms with Crippen LogP contribution in [0.2, 0.25) is 0 Å². The summed E-state index contributed by atoms with van der Waals surface area (Å²) in [5.74, 6) is 0.00929. The smallest absolute Gasteiger partial charge is 0.224 e. The molecule has 2 aromatic carbocycles. The fourth-order valence-electron chi connectivity index (χ4n) is 3.57. The average molecular weight is 448 g/mol. The molecule has 0 aliphatic heterocycles. The van der Waals surface area contributed by atoms with Gasteiger partial charge >= 0.3 is 0 Å². The van der Waals surface area contributed by atoms with Crippen LogP contribution in [0.1, 0.15) is 23.2 Å². The number of hydrogen-bond acceptors (Lipinski definition) is 2. The van der Waals surface area contributed by atoms with Crippen molar-refractivity contribution in [3.8, 4) is 11.3 Å². The first-order valence-electron chi connectivity index (χ1n) is 9.61. The number of amides is 1. The van der Waals surface area contributed by atoms with Gasteiger partial charge in [0.25, 0.3) is 0 Å². The Kier molecular flexibility index (Phi) is 5.49. The number of halogens is 1. The molecule has 0 bridgehead atoms. The van der Waals surface area contributed by atoms with E-state index < -0.39 is 0 Å². The van der Waals surface area contributed by atoms with E-state index in [4.69, 9.17) is 4.98 Å². The number of anilines is 1. The van der Waals surface area contributed by atoms with Crippen LogP contribution in [0, 0.1) is 13.8 Å². The summed E-state index contributed by atoms with van der Waals surface area (Å²) < 4.78 is 3.10. The van der Waals surface area contributed by atoms with Gasteiger partial charge in [-0.05, 0) is 55.7 Å². The second-order valence-corrected chi connectivity index (χ2v) is 8.07. The Balaban J connectivity index is 1.61. The van der Waals surface area contributed by atoms with Crippen LogP contribution in [0.5, 0.6) is 0 Å². The predicted octanol–water partition coefficient (Wildman–Crippen LogP) is 5.95. The van der Waals surface area contributed by atoms with Crippen molar-refractivity contribution in [3.63, 3.8) is 0 Å². The Morgan fingerprint density at radius 2 is 1.72 bits per heavy atom. The highest BCUT2D eigenvalue weighted by atomic mass is 79.9. The van der Waals surface area contributed by atoms with Crippen LogP contribution in [0.3, 0.4) is 0 Å². The van der Waals surface area contributed by atoms with Gasteiger partial charge in [0.2, 0.25) is 5.91 Å². The maximum absolute atomic E-state index is 12.7. The van der Waals surface area contributed by atoms with Gasteiger partial charge in [0, 0.05) is 28.3 Å². The summed E-state index contributed by atoms with van der Waals surface area (Å²) >= 11 is 3.49. The van der Waals surface area contributed by atoms with Gasteiger partial charge in [0.05, 0.1) is 11.4 Å². The summed E-state index contributed by atoms with van der Waals surface area (Å²) in [6.07, 6.45) is 3.00. The maximum atomic E-state index is 12.7. The number of benzene rings is 2. The van der Waals surface area contributed by atoms with Crippen LogP contribution < -0.4 is 5.32 Å². The van der Waals surface area contributed by atoms with E-state index in [2.05, 4.69) is 25.6 Å². The molecular formula is C24H22BrN3O. The van der Waals surface area contributed by atoms with Crippen molar-refractivity contribution in [2.45, 2.75) is 26.7 Å². The van der Waals surface area contributed by atoms with Crippen LogP contribution in [-0.4, -0.2) is 15.3 Å². The van der Waals surface area contributed by atoms with Gasteiger partial charge in [0.15, 0.2) is 0 Å². The summed E-state index contributed by atoms with van der Waals surface area (Å²) in [6.45, 7) is 4.03. The SMILES string of the molecule is Cc1cccc(C)c1NC(=O)CCc1c(-c2ccc(Br)cc2)nc2ccccn12. The van der Waals surface area contributed by atoms with E-state index in [1.807, 2.05) is 80.7 Å². The lowest BCUT2D eigenvalue weighted by Gasteiger charge is -2.12. The van der Waals surface area contributed by atoms with Crippen molar-refractivity contribution in [1.29, 1.82) is 0 Å². The molecule has 0 aliphatic carbocycles. The van der Waals surface area contributed by atoms with Crippen molar-refractivity contribution < 1.29 is 4.79 Å². The Morgan fingerprint density at radius 1 is 1.00 bits per heavy atom. The molecule has 2 heterocycles. The minimum absolute atomic E-state index is 0.00929. The lowest BCUT2D eigenvalue weighted by atomic mass is 10.1. The second-order valence-electron chi connectivity index (χ2n) is 7.16. The first kappa shape index (κ1) is 19.4. The fourth-order valence-corrected chi connectivity index (χ4v) is 3.83. The van der Waals surface area contributed by atoms with Crippen molar-refractivity contribution in [2.24, 2.45) is 0 Å². The molecule has 0 spiro atoms. The summed E-state index contributed by atoms with van der Waals surface area (Å²) in [5.41, 5.74) is 6.94. The van der Waals surface area contributed by atoms with E-state index >= 15 is 0 Å². The molecule has 0 aliphatic rings. The monoisotopic (exact) mass is 447 g/mol. The minimum atomic E-state index is 0.00929. The second kappa shape index (κ2) is 8.21. The van der Waals surface area contributed by atoms with Crippen LogP contribution >= 0.6 is 15.9 Å². The number of pyridine rings is 1. The highest BCUT2D eigenvalue weighted by molar-refractivity contribution is 9.10. The molecule has 5 heteroatoms. The lowest BCUT2D eigenvalue weighted by molar-refractivity contribution is -0.116. The molecule has 4 aromatic rings. The summed E-state index contributed by atoms with van der Waals surface area (Å²) in [7, 11) is 0. The van der Waals surface area contributed by atoms with Gasteiger partial charge in [-0.25, -0.2) is 4.98 Å². The molecule has 146 valence electrons. The van der Waals surface area contributed by atoms with E-state index in [1.165, 1.54) is 0 Å². The Hall–Kier alpha value is -2.92. The van der Waals surface area contributed by atoms with Gasteiger partial charge in [-0.3, -0.25) is 4.79 Å². The predicted molar refractivity (Wildman–Crippen MR) is 121 cm³/mol. The zero-order chi connectivity index (χ0) is 20.4. The number of hydrogen-bond donors (Lipinski definition) is 1. The molecule has 4 nitrogen and oxygen atoms in total. The highest BCUT2D eigenvalue weighted by Crippen LogP contribution is 2.27. The lowest BCUT2D eigenvalue weighted by Crippen LogP contribution is -2.14. The van der Waals surface area contributed by atoms with Crippen LogP contribution in [0.4, 0.5) is 5.69 Å². The van der Waals surface area contributed by atoms with Crippen molar-refractivity contribution in [1.82, 2.24) is 9.38 Å². The number of rotatable bonds is 5. The molecule has 29 heavy (non-hydrogen) atoms. The fraction of sp³-hybridized carbons (Fsp3) is 0.167. The van der Waals surface area contributed by atoms with Crippen LogP contribution in [-0.2, 0) is 11.2 Å². The number of nitrogens with zero attached hydrogens (tertiary/aromatic N) is 2. The van der Waals surface area contributed by atoms with Gasteiger partial charge < -0.3 is 9.72 Å². The van der Waals surface area contributed by atoms with E-state index in [0.717, 1.165) is 43.9 Å². The van der Waals surface area contributed by atoms with Gasteiger partial charge in [-0.15, -0.1) is 0 Å². The molecule has 0 atom stereocenters. The molecule has 0 saturated carbocycles. The molecule has 0 saturated heterocycles. The molecule has 2 aromatic heterocycles. The van der Waals surface area contributed by atoms with Crippen molar-refractivity contribution >= 4 is 33.2 Å². The van der Waals surface area contributed by atoms with E-state index in [-0.39, 0.29) is 5.91 Å². The molecule has 0 unspecified atom stereocenters. The number of aryl methyl sites for hydroxylation is 3. The normalized spacial score (nSPS) is 11.0. The zero-order valence-corrected chi connectivity index (χ0v) is 18.0. The van der Waals surface area contributed by atoms with E-state index in [1.54, 1.807) is 0 Å². The molecule has 4 rings (SSSR count). The standard InChI is InChI=1S/C24H22BrN3O/c1-16-6-5-7-17(2)23(16)27-22(29)14-13-20-24(18-9-11-19(25)12-10-18)26-21-8-3-4-15-28(20)21/h3-12,15H,13-14H2,1-2H3,(H,27,29). The van der Waals surface area contributed by atoms with Crippen LogP contribution in [0.15, 0.2) is 71.3 Å². The highest BCUT2D eigenvalue weighted by Gasteiger charge is 2.16. The number of fused-ring (bicyclic) bond motifs is 1. The van der Waals surface area contributed by atoms with Gasteiger partial charge in [0.1, 0.15) is 5.65 Å². The zero-order valence-electron chi connectivity index (χ0n) is 16.4. The Labute approximate surface area is 178 Å². The topological polar surface area (TPSA) is 46.4 Å². The largest absolute Gasteiger partial charge is 0.326 e. The van der Waals surface area contributed by atoms with Crippen molar-refractivity contribution in [3.05, 3.63) is 88.2 Å². The Morgan fingerprint density at radius 3 is 2.45 bits per heavy atom. The summed E-state index contributed by atoms with van der Waals surface area (Å²) in [6, 6.07) is 20.1. The maximum Gasteiger partial charge on any atom is 0.224 e. The van der Waals surface area contributed by atoms with Gasteiger partial charge in [-0.2, -0.15) is 0 Å². The Bertz CT molecular complexity index is 1160. The average Bonchev–Trinajstić information content (AvgIpc) is 3.08. The summed E-state index contributed by atoms with van der Waals surface area (Å²) in [5, 5.41) is 3.08. The van der Waals surface area contributed by atoms with Crippen molar-refractivity contribution in [2.75, 3.05) is 5.32 Å². The number of para-hydroxylation sites is 1. The van der Waals surface area contributed by atoms with E-state index in [0.29, 0.717) is 12.8 Å². The third-order valence-corrected chi connectivity index (χ3v) is 5.61. The number of aromatic nitrogens is 2. The number of carbonyl (C=O) groups is 1. The number of nitrogens with one attached hydrogen (secondary N) is 1. The number of imidazole rings is 1. The minimum Gasteiger partial charge on any atom is -0.326 e. The molecule has 0 fully saturated rings. The molecule has 1 N–H and O–H groups in total.